The second kappa shape index (κ2) is 11.2. The summed E-state index contributed by atoms with van der Waals surface area (Å²) in [7, 11) is 0. The number of amides is 2. The largest absolute Gasteiger partial charge is 0.480 e. The molecular weight excluding hydrogens is 456 g/mol. The van der Waals surface area contributed by atoms with Crippen molar-refractivity contribution in [3.05, 3.63) is 57.5 Å². The van der Waals surface area contributed by atoms with E-state index in [1.165, 1.54) is 0 Å². The monoisotopic (exact) mass is 480 g/mol. The highest BCUT2D eigenvalue weighted by atomic mass is 79.9. The van der Waals surface area contributed by atoms with Crippen molar-refractivity contribution < 1.29 is 14.3 Å². The predicted molar refractivity (Wildman–Crippen MR) is 121 cm³/mol. The summed E-state index contributed by atoms with van der Waals surface area (Å²) in [6, 6.07) is 12.0. The fourth-order valence-electron chi connectivity index (χ4n) is 2.79. The highest BCUT2D eigenvalue weighted by Crippen LogP contribution is 2.29. The van der Waals surface area contributed by atoms with Crippen LogP contribution in [0.4, 0.5) is 5.69 Å². The minimum atomic E-state index is -0.710. The Morgan fingerprint density at radius 1 is 1.10 bits per heavy atom. The van der Waals surface area contributed by atoms with E-state index >= 15 is 0 Å². The van der Waals surface area contributed by atoms with Crippen LogP contribution in [0.15, 0.2) is 46.9 Å². The molecule has 2 amide bonds. The summed E-state index contributed by atoms with van der Waals surface area (Å²) in [5.41, 5.74) is 1.22. The summed E-state index contributed by atoms with van der Waals surface area (Å²) < 4.78 is 6.38. The first-order valence-electron chi connectivity index (χ1n) is 9.67. The van der Waals surface area contributed by atoms with E-state index in [1.807, 2.05) is 4.90 Å². The maximum Gasteiger partial charge on any atom is 0.265 e. The number of hydrogen-bond acceptors (Lipinski definition) is 3. The van der Waals surface area contributed by atoms with Crippen LogP contribution in [-0.2, 0) is 4.79 Å². The van der Waals surface area contributed by atoms with Gasteiger partial charge in [0.1, 0.15) is 5.75 Å². The molecule has 0 spiro atoms. The van der Waals surface area contributed by atoms with Gasteiger partial charge in [0.25, 0.3) is 11.8 Å². The zero-order chi connectivity index (χ0) is 21.4. The van der Waals surface area contributed by atoms with E-state index in [-0.39, 0.29) is 11.8 Å². The SMILES string of the molecule is CCCN(CCC)C(=O)c1ccc(NC(=O)C(C)Oc2ccc(Cl)cc2Br)cc1. The van der Waals surface area contributed by atoms with Crippen LogP contribution in [0.25, 0.3) is 0 Å². The zero-order valence-corrected chi connectivity index (χ0v) is 19.2. The fourth-order valence-corrected chi connectivity index (χ4v) is 3.57. The molecule has 0 aliphatic heterocycles. The normalized spacial score (nSPS) is 11.6. The van der Waals surface area contributed by atoms with Crippen LogP contribution in [0.5, 0.6) is 5.75 Å². The van der Waals surface area contributed by atoms with Crippen LogP contribution >= 0.6 is 27.5 Å². The summed E-state index contributed by atoms with van der Waals surface area (Å²) in [6.45, 7) is 7.25. The molecule has 0 radical (unpaired) electrons. The van der Waals surface area contributed by atoms with E-state index in [4.69, 9.17) is 16.3 Å². The molecule has 7 heteroatoms. The van der Waals surface area contributed by atoms with Gasteiger partial charge in [-0.3, -0.25) is 9.59 Å². The highest BCUT2D eigenvalue weighted by Gasteiger charge is 2.18. The number of nitrogens with one attached hydrogen (secondary N) is 1. The molecular formula is C22H26BrClN2O3. The van der Waals surface area contributed by atoms with Crippen molar-refractivity contribution in [2.24, 2.45) is 0 Å². The smallest absolute Gasteiger partial charge is 0.265 e. The van der Waals surface area contributed by atoms with Gasteiger partial charge in [-0.2, -0.15) is 0 Å². The van der Waals surface area contributed by atoms with Crippen molar-refractivity contribution >= 4 is 45.0 Å². The molecule has 2 aromatic carbocycles. The Morgan fingerprint density at radius 2 is 1.72 bits per heavy atom. The van der Waals surface area contributed by atoms with E-state index in [9.17, 15) is 9.59 Å². The molecule has 0 saturated carbocycles. The minimum absolute atomic E-state index is 0.0101. The molecule has 1 unspecified atom stereocenters. The van der Waals surface area contributed by atoms with E-state index in [0.29, 0.717) is 26.5 Å². The van der Waals surface area contributed by atoms with Crippen molar-refractivity contribution in [3.63, 3.8) is 0 Å². The second-order valence-corrected chi connectivity index (χ2v) is 7.98. The molecule has 0 aromatic heterocycles. The number of benzene rings is 2. The lowest BCUT2D eigenvalue weighted by Gasteiger charge is -2.21. The molecule has 5 nitrogen and oxygen atoms in total. The maximum absolute atomic E-state index is 12.6. The molecule has 0 bridgehead atoms. The first kappa shape index (κ1) is 23.2. The fraction of sp³-hybridized carbons (Fsp3) is 0.364. The van der Waals surface area contributed by atoms with Crippen molar-refractivity contribution in [2.45, 2.75) is 39.7 Å². The topological polar surface area (TPSA) is 58.6 Å². The van der Waals surface area contributed by atoms with Crippen LogP contribution in [0.3, 0.4) is 0 Å². The van der Waals surface area contributed by atoms with Gasteiger partial charge in [0.2, 0.25) is 0 Å². The molecule has 1 atom stereocenters. The standard InChI is InChI=1S/C22H26BrClN2O3/c1-4-12-26(13-5-2)22(28)16-6-9-18(10-7-16)25-21(27)15(3)29-20-11-8-17(24)14-19(20)23/h6-11,14-15H,4-5,12-13H2,1-3H3,(H,25,27). The summed E-state index contributed by atoms with van der Waals surface area (Å²) in [6.07, 6.45) is 1.13. The van der Waals surface area contributed by atoms with E-state index in [2.05, 4.69) is 35.1 Å². The number of halogens is 2. The maximum atomic E-state index is 12.6. The summed E-state index contributed by atoms with van der Waals surface area (Å²) in [4.78, 5) is 26.9. The molecule has 0 aliphatic carbocycles. The Morgan fingerprint density at radius 3 is 2.28 bits per heavy atom. The third kappa shape index (κ3) is 6.75. The molecule has 2 rings (SSSR count). The van der Waals surface area contributed by atoms with Gasteiger partial charge in [0.05, 0.1) is 4.47 Å². The van der Waals surface area contributed by atoms with Crippen molar-refractivity contribution in [2.75, 3.05) is 18.4 Å². The number of hydrogen-bond donors (Lipinski definition) is 1. The number of nitrogens with zero attached hydrogens (tertiary/aromatic N) is 1. The van der Waals surface area contributed by atoms with E-state index in [1.54, 1.807) is 49.4 Å². The van der Waals surface area contributed by atoms with Gasteiger partial charge < -0.3 is 15.0 Å². The first-order chi connectivity index (χ1) is 13.8. The zero-order valence-electron chi connectivity index (χ0n) is 16.9. The molecule has 156 valence electrons. The van der Waals surface area contributed by atoms with Gasteiger partial charge in [-0.1, -0.05) is 25.4 Å². The van der Waals surface area contributed by atoms with Gasteiger partial charge in [-0.25, -0.2) is 0 Å². The molecule has 0 aliphatic rings. The number of carbonyl (C=O) groups excluding carboxylic acids is 2. The van der Waals surface area contributed by atoms with Gasteiger partial charge in [0, 0.05) is 29.4 Å². The summed E-state index contributed by atoms with van der Waals surface area (Å²) >= 11 is 9.29. The van der Waals surface area contributed by atoms with E-state index in [0.717, 1.165) is 25.9 Å². The number of carbonyl (C=O) groups is 2. The first-order valence-corrected chi connectivity index (χ1v) is 10.8. The average Bonchev–Trinajstić information content (AvgIpc) is 2.70. The Kier molecular flexibility index (Phi) is 8.99. The van der Waals surface area contributed by atoms with Crippen LogP contribution in [0.1, 0.15) is 44.0 Å². The van der Waals surface area contributed by atoms with Gasteiger partial charge in [-0.05, 0) is 78.2 Å². The third-order valence-corrected chi connectivity index (χ3v) is 5.10. The molecule has 1 N–H and O–H groups in total. The molecule has 0 fully saturated rings. The van der Waals surface area contributed by atoms with Gasteiger partial charge in [-0.15, -0.1) is 0 Å². The quantitative estimate of drug-likeness (QED) is 0.494. The Hall–Kier alpha value is -2.05. The average molecular weight is 482 g/mol. The Bertz CT molecular complexity index is 836. The molecule has 29 heavy (non-hydrogen) atoms. The lowest BCUT2D eigenvalue weighted by Crippen LogP contribution is -2.32. The lowest BCUT2D eigenvalue weighted by molar-refractivity contribution is -0.122. The lowest BCUT2D eigenvalue weighted by atomic mass is 10.1. The second-order valence-electron chi connectivity index (χ2n) is 6.69. The van der Waals surface area contributed by atoms with Crippen molar-refractivity contribution in [1.29, 1.82) is 0 Å². The number of rotatable bonds is 9. The Labute approximate surface area is 185 Å². The van der Waals surface area contributed by atoms with Crippen LogP contribution < -0.4 is 10.1 Å². The molecule has 2 aromatic rings. The Balaban J connectivity index is 1.99. The van der Waals surface area contributed by atoms with Crippen LogP contribution in [-0.4, -0.2) is 35.9 Å². The van der Waals surface area contributed by atoms with Gasteiger partial charge in [0.15, 0.2) is 6.10 Å². The van der Waals surface area contributed by atoms with Crippen molar-refractivity contribution in [3.8, 4) is 5.75 Å². The van der Waals surface area contributed by atoms with Crippen LogP contribution in [0, 0.1) is 0 Å². The predicted octanol–water partition coefficient (Wildman–Crippen LogP) is 5.77. The number of anilines is 1. The summed E-state index contributed by atoms with van der Waals surface area (Å²) in [5, 5.41) is 3.38. The highest BCUT2D eigenvalue weighted by molar-refractivity contribution is 9.10. The van der Waals surface area contributed by atoms with E-state index < -0.39 is 6.10 Å². The molecule has 0 saturated heterocycles. The minimum Gasteiger partial charge on any atom is -0.480 e. The molecule has 0 heterocycles. The van der Waals surface area contributed by atoms with Crippen molar-refractivity contribution in [1.82, 2.24) is 4.90 Å². The third-order valence-electron chi connectivity index (χ3n) is 4.24. The summed E-state index contributed by atoms with van der Waals surface area (Å²) in [5.74, 6) is 0.255. The number of ether oxygens (including phenoxy) is 1. The van der Waals surface area contributed by atoms with Gasteiger partial charge >= 0.3 is 0 Å². The van der Waals surface area contributed by atoms with Crippen LogP contribution in [0.2, 0.25) is 5.02 Å².